The van der Waals surface area contributed by atoms with Crippen LogP contribution in [0, 0.1) is 0 Å². The molecule has 0 aliphatic rings. The Balaban J connectivity index is 0. The molecule has 0 radical (unpaired) electrons. The summed E-state index contributed by atoms with van der Waals surface area (Å²) in [5.41, 5.74) is 4.35. The van der Waals surface area contributed by atoms with Crippen LogP contribution in [0.4, 0.5) is 4.79 Å². The van der Waals surface area contributed by atoms with Gasteiger partial charge in [0.2, 0.25) is 0 Å². The molecule has 0 heterocycles. The summed E-state index contributed by atoms with van der Waals surface area (Å²) >= 11 is 7.10. The Morgan fingerprint density at radius 2 is 1.82 bits per heavy atom. The second kappa shape index (κ2) is 9.93. The van der Waals surface area contributed by atoms with Gasteiger partial charge in [0.15, 0.2) is 0 Å². The number of thiol groups is 2. The number of primary amides is 1. The van der Waals surface area contributed by atoms with E-state index in [1.54, 1.807) is 0 Å². The minimum atomic E-state index is -0.881. The number of nitrogens with two attached hydrogens (primary N) is 1. The fraction of sp³-hybridized carbons (Fsp3) is 0.800. The summed E-state index contributed by atoms with van der Waals surface area (Å²) in [5.74, 6) is 0. The number of amides is 1. The van der Waals surface area contributed by atoms with E-state index < -0.39 is 6.09 Å². The Hall–Kier alpha value is -0.0700. The predicted octanol–water partition coefficient (Wildman–Crippen LogP) is 1.10. The largest absolute Gasteiger partial charge is 0.416 e. The monoisotopic (exact) mass is 198 g/mol. The maximum Gasteiger partial charge on any atom is 0.416 e. The van der Waals surface area contributed by atoms with Gasteiger partial charge in [-0.1, -0.05) is 26.7 Å². The van der Waals surface area contributed by atoms with E-state index in [2.05, 4.69) is 49.5 Å². The summed E-state index contributed by atoms with van der Waals surface area (Å²) < 4.78 is 5.53. The van der Waals surface area contributed by atoms with Crippen LogP contribution >= 0.6 is 25.7 Å². The smallest absolute Gasteiger partial charge is 0.379 e. The molecule has 11 heavy (non-hydrogen) atoms. The highest BCUT2D eigenvalue weighted by molar-refractivity contribution is 7.77. The van der Waals surface area contributed by atoms with Crippen molar-refractivity contribution in [1.29, 1.82) is 0 Å². The summed E-state index contributed by atoms with van der Waals surface area (Å²) in [6, 6.07) is 0. The van der Waals surface area contributed by atoms with Crippen LogP contribution in [0.25, 0.3) is 0 Å². The Morgan fingerprint density at radius 3 is 1.82 bits per heavy atom. The molecule has 0 aliphatic heterocycles. The fourth-order valence-electron chi connectivity index (χ4n) is 0.224. The summed E-state index contributed by atoms with van der Waals surface area (Å²) in [6.45, 7) is 6.21. The van der Waals surface area contributed by atoms with E-state index in [0.717, 1.165) is 13.1 Å². The third kappa shape index (κ3) is 17.8. The van der Waals surface area contributed by atoms with Gasteiger partial charge in [0.05, 0.1) is 0 Å². The van der Waals surface area contributed by atoms with Crippen molar-refractivity contribution in [2.75, 3.05) is 13.1 Å². The van der Waals surface area contributed by atoms with E-state index in [4.69, 9.17) is 0 Å². The zero-order valence-corrected chi connectivity index (χ0v) is 8.44. The van der Waals surface area contributed by atoms with Crippen molar-refractivity contribution in [1.82, 2.24) is 4.31 Å². The average Bonchev–Trinajstić information content (AvgIpc) is 2.04. The van der Waals surface area contributed by atoms with Crippen LogP contribution in [0.1, 0.15) is 13.8 Å². The average molecular weight is 198 g/mol. The number of hydrogen-bond donors (Lipinski definition) is 3. The first-order valence-electron chi connectivity index (χ1n) is 3.13. The predicted molar refractivity (Wildman–Crippen MR) is 51.6 cm³/mol. The van der Waals surface area contributed by atoms with E-state index in [9.17, 15) is 4.79 Å². The van der Waals surface area contributed by atoms with Crippen molar-refractivity contribution in [3.05, 3.63) is 0 Å². The van der Waals surface area contributed by atoms with Gasteiger partial charge in [0.1, 0.15) is 0 Å². The second-order valence-electron chi connectivity index (χ2n) is 1.55. The molecule has 0 bridgehead atoms. The highest BCUT2D eigenvalue weighted by Crippen LogP contribution is 1.86. The van der Waals surface area contributed by atoms with Crippen LogP contribution in [0.3, 0.4) is 0 Å². The van der Waals surface area contributed by atoms with Gasteiger partial charge in [-0.25, -0.2) is 4.79 Å². The Morgan fingerprint density at radius 1 is 1.55 bits per heavy atom. The molecule has 0 aromatic rings. The number of nitrogens with zero attached hydrogens (tertiary/aromatic N) is 1. The molecule has 0 spiro atoms. The molecule has 6 heteroatoms. The lowest BCUT2D eigenvalue weighted by Crippen LogP contribution is -2.08. The zero-order valence-electron chi connectivity index (χ0n) is 6.65. The van der Waals surface area contributed by atoms with Crippen molar-refractivity contribution in [3.63, 3.8) is 0 Å². The van der Waals surface area contributed by atoms with Crippen molar-refractivity contribution < 1.29 is 8.98 Å². The molecule has 0 saturated heterocycles. The van der Waals surface area contributed by atoms with Crippen molar-refractivity contribution in [2.24, 2.45) is 5.73 Å². The molecule has 4 nitrogen and oxygen atoms in total. The molecule has 0 aliphatic carbocycles. The molecule has 0 rings (SSSR count). The van der Waals surface area contributed by atoms with E-state index in [1.807, 2.05) is 4.31 Å². The molecule has 0 aromatic carbocycles. The lowest BCUT2D eigenvalue weighted by Gasteiger charge is -2.05. The van der Waals surface area contributed by atoms with Gasteiger partial charge in [-0.15, -0.1) is 0 Å². The lowest BCUT2D eigenvalue weighted by atomic mass is 10.7. The second-order valence-corrected chi connectivity index (χ2v) is 2.30. The first-order valence-corrected chi connectivity index (χ1v) is 3.89. The third-order valence-electron chi connectivity index (χ3n) is 0.820. The molecular formula is C5H14N2O2S2. The molecule has 0 unspecified atom stereocenters. The van der Waals surface area contributed by atoms with E-state index in [0.29, 0.717) is 0 Å². The molecule has 68 valence electrons. The normalized spacial score (nSPS) is 8.45. The topological polar surface area (TPSA) is 55.6 Å². The number of carbonyl (C=O) groups excluding carboxylic acids is 1. The molecule has 1 amide bonds. The third-order valence-corrected chi connectivity index (χ3v) is 1.57. The van der Waals surface area contributed by atoms with Crippen LogP contribution < -0.4 is 5.73 Å². The van der Waals surface area contributed by atoms with Gasteiger partial charge in [-0.3, -0.25) is 4.31 Å². The van der Waals surface area contributed by atoms with Gasteiger partial charge in [-0.2, -0.15) is 0 Å². The summed E-state index contributed by atoms with van der Waals surface area (Å²) in [4.78, 5) is 9.29. The van der Waals surface area contributed by atoms with E-state index in [1.165, 1.54) is 0 Å². The quantitative estimate of drug-likeness (QED) is 0.460. The number of rotatable bonds is 2. The van der Waals surface area contributed by atoms with Crippen LogP contribution in [0.5, 0.6) is 0 Å². The molecular weight excluding hydrogens is 184 g/mol. The fourth-order valence-corrected chi connectivity index (χ4v) is 0.224. The molecule has 0 saturated carbocycles. The molecule has 0 aromatic heterocycles. The summed E-state index contributed by atoms with van der Waals surface area (Å²) in [5, 5.41) is 0. The zero-order chi connectivity index (χ0) is 9.28. The standard InChI is InChI=1S/C4H11NS.CH3NO2S/c1-3-5(6)4-2;2-1(3)4-5/h6H,3-4H2,1-2H3;5H,(H2,2,3). The minimum absolute atomic E-state index is 0.881. The Labute approximate surface area is 78.2 Å². The first-order chi connectivity index (χ1) is 5.08. The Kier molecular flexibility index (Phi) is 12.2. The highest BCUT2D eigenvalue weighted by atomic mass is 32.1. The van der Waals surface area contributed by atoms with Gasteiger partial charge in [0.25, 0.3) is 0 Å². The van der Waals surface area contributed by atoms with Crippen LogP contribution in [-0.2, 0) is 4.18 Å². The van der Waals surface area contributed by atoms with Crippen LogP contribution in [0.15, 0.2) is 0 Å². The van der Waals surface area contributed by atoms with Gasteiger partial charge < -0.3 is 9.92 Å². The molecule has 0 fully saturated rings. The van der Waals surface area contributed by atoms with Gasteiger partial charge >= 0.3 is 6.09 Å². The van der Waals surface area contributed by atoms with Crippen LogP contribution in [-0.4, -0.2) is 23.5 Å². The lowest BCUT2D eigenvalue weighted by molar-refractivity contribution is 0.219. The number of carbonyl (C=O) groups is 1. The van der Waals surface area contributed by atoms with E-state index >= 15 is 0 Å². The highest BCUT2D eigenvalue weighted by Gasteiger charge is 1.83. The SMILES string of the molecule is CCN(S)CC.NC(=O)OS. The maximum absolute atomic E-state index is 9.29. The molecule has 0 atom stereocenters. The van der Waals surface area contributed by atoms with Crippen LogP contribution in [0.2, 0.25) is 0 Å². The maximum atomic E-state index is 9.29. The summed E-state index contributed by atoms with van der Waals surface area (Å²) in [6.07, 6.45) is -0.881. The van der Waals surface area contributed by atoms with E-state index in [-0.39, 0.29) is 0 Å². The summed E-state index contributed by atoms with van der Waals surface area (Å²) in [7, 11) is 0. The van der Waals surface area contributed by atoms with Crippen molar-refractivity contribution >= 4 is 31.8 Å². The van der Waals surface area contributed by atoms with Gasteiger partial charge in [-0.05, 0) is 0 Å². The number of hydrogen-bond acceptors (Lipinski definition) is 5. The first kappa shape index (κ1) is 13.5. The Bertz CT molecular complexity index is 98.5. The van der Waals surface area contributed by atoms with Gasteiger partial charge in [0, 0.05) is 26.0 Å². The van der Waals surface area contributed by atoms with Crippen molar-refractivity contribution in [3.8, 4) is 0 Å². The minimum Gasteiger partial charge on any atom is -0.379 e. The molecule has 2 N–H and O–H groups in total. The van der Waals surface area contributed by atoms with Crippen molar-refractivity contribution in [2.45, 2.75) is 13.8 Å².